The van der Waals surface area contributed by atoms with Crippen LogP contribution in [0.5, 0.6) is 5.75 Å². The number of rotatable bonds is 7. The number of hydrogen-bond donors (Lipinski definition) is 1. The van der Waals surface area contributed by atoms with Crippen molar-refractivity contribution in [2.45, 2.75) is 19.6 Å². The molecular formula is C23H18F3NO4. The highest BCUT2D eigenvalue weighted by molar-refractivity contribution is 5.98. The molecule has 1 N–H and O–H groups in total. The highest BCUT2D eigenvalue weighted by Gasteiger charge is 2.22. The lowest BCUT2D eigenvalue weighted by Crippen LogP contribution is -2.30. The van der Waals surface area contributed by atoms with Crippen molar-refractivity contribution in [3.8, 4) is 5.75 Å². The number of para-hydroxylation sites is 1. The molecule has 0 aliphatic carbocycles. The van der Waals surface area contributed by atoms with Gasteiger partial charge < -0.3 is 14.8 Å². The Labute approximate surface area is 176 Å². The molecule has 8 heteroatoms. The van der Waals surface area contributed by atoms with E-state index in [1.165, 1.54) is 25.1 Å². The van der Waals surface area contributed by atoms with Crippen molar-refractivity contribution >= 4 is 17.6 Å². The molecule has 0 heterocycles. The molecule has 160 valence electrons. The summed E-state index contributed by atoms with van der Waals surface area (Å²) in [4.78, 5) is 24.8. The number of amides is 1. The molecule has 31 heavy (non-hydrogen) atoms. The van der Waals surface area contributed by atoms with E-state index in [0.717, 1.165) is 18.2 Å². The second-order valence-corrected chi connectivity index (χ2v) is 6.57. The molecule has 1 unspecified atom stereocenters. The smallest absolute Gasteiger partial charge is 0.342 e. The monoisotopic (exact) mass is 429 g/mol. The Morgan fingerprint density at radius 2 is 1.61 bits per heavy atom. The highest BCUT2D eigenvalue weighted by atomic mass is 19.1. The van der Waals surface area contributed by atoms with E-state index < -0.39 is 29.6 Å². The molecule has 0 fully saturated rings. The van der Waals surface area contributed by atoms with E-state index in [4.69, 9.17) is 9.47 Å². The largest absolute Gasteiger partial charge is 0.488 e. The fraction of sp³-hybridized carbons (Fsp3) is 0.130. The van der Waals surface area contributed by atoms with Crippen molar-refractivity contribution in [1.29, 1.82) is 0 Å². The lowest BCUT2D eigenvalue weighted by atomic mass is 10.2. The molecule has 3 aromatic carbocycles. The first-order valence-corrected chi connectivity index (χ1v) is 9.26. The van der Waals surface area contributed by atoms with Crippen LogP contribution < -0.4 is 10.1 Å². The average molecular weight is 429 g/mol. The minimum Gasteiger partial charge on any atom is -0.488 e. The van der Waals surface area contributed by atoms with Gasteiger partial charge in [0.15, 0.2) is 6.10 Å². The first kappa shape index (κ1) is 21.9. The molecule has 3 rings (SSSR count). The van der Waals surface area contributed by atoms with Crippen LogP contribution in [0, 0.1) is 17.5 Å². The molecule has 1 atom stereocenters. The SMILES string of the molecule is CC(OC(=O)c1ccccc1OCc1ccc(F)cc1)C(=O)Nc1cc(F)ccc1F. The van der Waals surface area contributed by atoms with Gasteiger partial charge in [-0.05, 0) is 48.9 Å². The Hall–Kier alpha value is -3.81. The van der Waals surface area contributed by atoms with Crippen LogP contribution in [0.15, 0.2) is 66.7 Å². The molecule has 0 spiro atoms. The first-order valence-electron chi connectivity index (χ1n) is 9.26. The van der Waals surface area contributed by atoms with Crippen molar-refractivity contribution in [1.82, 2.24) is 0 Å². The summed E-state index contributed by atoms with van der Waals surface area (Å²) in [6.07, 6.45) is -1.29. The van der Waals surface area contributed by atoms with Gasteiger partial charge in [-0.3, -0.25) is 4.79 Å². The predicted octanol–water partition coefficient (Wildman–Crippen LogP) is 4.87. The van der Waals surface area contributed by atoms with Crippen molar-refractivity contribution in [3.63, 3.8) is 0 Å². The molecule has 0 saturated heterocycles. The second kappa shape index (κ2) is 9.80. The Morgan fingerprint density at radius 3 is 2.35 bits per heavy atom. The van der Waals surface area contributed by atoms with Gasteiger partial charge >= 0.3 is 5.97 Å². The summed E-state index contributed by atoms with van der Waals surface area (Å²) in [7, 11) is 0. The van der Waals surface area contributed by atoms with Crippen LogP contribution in [0.4, 0.5) is 18.9 Å². The van der Waals surface area contributed by atoms with Crippen LogP contribution in [0.1, 0.15) is 22.8 Å². The number of nitrogens with one attached hydrogen (secondary N) is 1. The van der Waals surface area contributed by atoms with Crippen LogP contribution in [0.25, 0.3) is 0 Å². The quantitative estimate of drug-likeness (QED) is 0.545. The van der Waals surface area contributed by atoms with Gasteiger partial charge in [-0.15, -0.1) is 0 Å². The molecule has 5 nitrogen and oxygen atoms in total. The average Bonchev–Trinajstić information content (AvgIpc) is 2.76. The number of carbonyl (C=O) groups is 2. The van der Waals surface area contributed by atoms with Gasteiger partial charge in [-0.25, -0.2) is 18.0 Å². The maximum atomic E-state index is 13.7. The number of anilines is 1. The van der Waals surface area contributed by atoms with E-state index in [1.807, 2.05) is 0 Å². The number of halogens is 3. The maximum absolute atomic E-state index is 13.7. The molecule has 0 aromatic heterocycles. The van der Waals surface area contributed by atoms with Gasteiger partial charge in [-0.2, -0.15) is 0 Å². The minimum atomic E-state index is -1.29. The molecular weight excluding hydrogens is 411 g/mol. The number of esters is 1. The third-order valence-corrected chi connectivity index (χ3v) is 4.25. The van der Waals surface area contributed by atoms with Crippen LogP contribution in [-0.4, -0.2) is 18.0 Å². The van der Waals surface area contributed by atoms with E-state index in [1.54, 1.807) is 30.3 Å². The van der Waals surface area contributed by atoms with Crippen molar-refractivity contribution in [2.75, 3.05) is 5.32 Å². The van der Waals surface area contributed by atoms with Crippen molar-refractivity contribution in [2.24, 2.45) is 0 Å². The van der Waals surface area contributed by atoms with Gasteiger partial charge in [0.25, 0.3) is 5.91 Å². The fourth-order valence-electron chi connectivity index (χ4n) is 2.61. The normalized spacial score (nSPS) is 11.5. The van der Waals surface area contributed by atoms with Crippen molar-refractivity contribution in [3.05, 3.63) is 95.3 Å². The Balaban J connectivity index is 1.65. The number of carbonyl (C=O) groups excluding carboxylic acids is 2. The van der Waals surface area contributed by atoms with Gasteiger partial charge in [0, 0.05) is 6.07 Å². The maximum Gasteiger partial charge on any atom is 0.342 e. The van der Waals surface area contributed by atoms with Crippen molar-refractivity contribution < 1.29 is 32.2 Å². The van der Waals surface area contributed by atoms with Crippen LogP contribution in [0.3, 0.4) is 0 Å². The summed E-state index contributed by atoms with van der Waals surface area (Å²) in [5, 5.41) is 2.18. The molecule has 0 saturated carbocycles. The minimum absolute atomic E-state index is 0.0706. The molecule has 3 aromatic rings. The number of hydrogen-bond acceptors (Lipinski definition) is 4. The lowest BCUT2D eigenvalue weighted by Gasteiger charge is -2.16. The molecule has 0 bridgehead atoms. The summed E-state index contributed by atoms with van der Waals surface area (Å²) in [6.45, 7) is 1.38. The van der Waals surface area contributed by atoms with E-state index in [-0.39, 0.29) is 29.4 Å². The first-order chi connectivity index (χ1) is 14.8. The molecule has 0 radical (unpaired) electrons. The Bertz CT molecular complexity index is 1090. The zero-order chi connectivity index (χ0) is 22.4. The second-order valence-electron chi connectivity index (χ2n) is 6.57. The van der Waals surface area contributed by atoms with E-state index in [2.05, 4.69) is 5.32 Å². The van der Waals surface area contributed by atoms with Gasteiger partial charge in [-0.1, -0.05) is 24.3 Å². The van der Waals surface area contributed by atoms with Gasteiger partial charge in [0.05, 0.1) is 5.69 Å². The summed E-state index contributed by atoms with van der Waals surface area (Å²) in [5.74, 6) is -3.39. The highest BCUT2D eigenvalue weighted by Crippen LogP contribution is 2.22. The van der Waals surface area contributed by atoms with E-state index in [0.29, 0.717) is 5.56 Å². The third kappa shape index (κ3) is 5.85. The molecule has 1 amide bonds. The number of benzene rings is 3. The van der Waals surface area contributed by atoms with E-state index in [9.17, 15) is 22.8 Å². The topological polar surface area (TPSA) is 64.6 Å². The zero-order valence-electron chi connectivity index (χ0n) is 16.4. The van der Waals surface area contributed by atoms with E-state index >= 15 is 0 Å². The Kier molecular flexibility index (Phi) is 6.92. The summed E-state index contributed by atoms with van der Waals surface area (Å²) in [5.41, 5.74) is 0.395. The Morgan fingerprint density at radius 1 is 0.935 bits per heavy atom. The summed E-state index contributed by atoms with van der Waals surface area (Å²) < 4.78 is 50.7. The summed E-state index contributed by atoms with van der Waals surface area (Å²) in [6, 6.07) is 14.5. The van der Waals surface area contributed by atoms with Gasteiger partial charge in [0.2, 0.25) is 0 Å². The third-order valence-electron chi connectivity index (χ3n) is 4.25. The lowest BCUT2D eigenvalue weighted by molar-refractivity contribution is -0.123. The van der Waals surface area contributed by atoms with Crippen LogP contribution in [0.2, 0.25) is 0 Å². The molecule has 0 aliphatic rings. The standard InChI is InChI=1S/C23H18F3NO4/c1-14(22(28)27-20-12-17(25)10-11-19(20)26)31-23(29)18-4-2-3-5-21(18)30-13-15-6-8-16(24)9-7-15/h2-12,14H,13H2,1H3,(H,27,28). The van der Waals surface area contributed by atoms with Gasteiger partial charge in [0.1, 0.15) is 35.4 Å². The molecule has 0 aliphatic heterocycles. The van der Waals surface area contributed by atoms with Crippen LogP contribution >= 0.6 is 0 Å². The summed E-state index contributed by atoms with van der Waals surface area (Å²) >= 11 is 0. The zero-order valence-corrected chi connectivity index (χ0v) is 16.4. The fourth-order valence-corrected chi connectivity index (χ4v) is 2.61. The predicted molar refractivity (Wildman–Crippen MR) is 107 cm³/mol. The van der Waals surface area contributed by atoms with Crippen LogP contribution in [-0.2, 0) is 16.1 Å². The number of ether oxygens (including phenoxy) is 2.